The van der Waals surface area contributed by atoms with Crippen LogP contribution in [0.15, 0.2) is 30.6 Å². The Balaban J connectivity index is 1.61. The zero-order valence-corrected chi connectivity index (χ0v) is 13.8. The predicted molar refractivity (Wildman–Crippen MR) is 91.3 cm³/mol. The molecular weight excluding hydrogens is 320 g/mol. The van der Waals surface area contributed by atoms with Crippen molar-refractivity contribution in [1.82, 2.24) is 19.7 Å². The highest BCUT2D eigenvalue weighted by Gasteiger charge is 2.24. The van der Waals surface area contributed by atoms with Crippen LogP contribution in [0, 0.1) is 0 Å². The number of hydrogen-bond acceptors (Lipinski definition) is 3. The topological polar surface area (TPSA) is 91.2 Å². The van der Waals surface area contributed by atoms with E-state index in [0.29, 0.717) is 19.5 Å². The van der Waals surface area contributed by atoms with E-state index in [0.717, 1.165) is 34.1 Å². The van der Waals surface area contributed by atoms with Gasteiger partial charge in [0.1, 0.15) is 0 Å². The number of hydrogen-bond donors (Lipinski definition) is 2. The molecule has 25 heavy (non-hydrogen) atoms. The van der Waals surface area contributed by atoms with Crippen molar-refractivity contribution in [3.8, 4) is 0 Å². The summed E-state index contributed by atoms with van der Waals surface area (Å²) in [7, 11) is 1.83. The summed E-state index contributed by atoms with van der Waals surface area (Å²) < 4.78 is 1.68. The second-order valence-corrected chi connectivity index (χ2v) is 6.41. The van der Waals surface area contributed by atoms with E-state index in [9.17, 15) is 14.7 Å². The standard InChI is InChI=1S/C18H18N4O3/c1-21-9-11(8-19-21)6-17(23)22-5-4-16-14(10-22)13-7-12(18(24)25)2-3-15(13)20-16/h2-3,7-9,20H,4-6,10H2,1H3,(H,24,25). The molecule has 1 aliphatic heterocycles. The average molecular weight is 338 g/mol. The van der Waals surface area contributed by atoms with Gasteiger partial charge in [-0.2, -0.15) is 5.10 Å². The Bertz CT molecular complexity index is 986. The Hall–Kier alpha value is -3.09. The van der Waals surface area contributed by atoms with Crippen molar-refractivity contribution < 1.29 is 14.7 Å². The number of nitrogens with zero attached hydrogens (tertiary/aromatic N) is 3. The van der Waals surface area contributed by atoms with E-state index >= 15 is 0 Å². The Labute approximate surface area is 143 Å². The number of carbonyl (C=O) groups excluding carboxylic acids is 1. The van der Waals surface area contributed by atoms with Crippen molar-refractivity contribution in [2.75, 3.05) is 6.54 Å². The number of aromatic carboxylic acids is 1. The molecule has 1 aromatic carbocycles. The number of fused-ring (bicyclic) bond motifs is 3. The number of aromatic amines is 1. The monoisotopic (exact) mass is 338 g/mol. The molecule has 7 nitrogen and oxygen atoms in total. The number of aromatic nitrogens is 3. The van der Waals surface area contributed by atoms with Crippen molar-refractivity contribution in [2.45, 2.75) is 19.4 Å². The molecule has 4 rings (SSSR count). The van der Waals surface area contributed by atoms with Gasteiger partial charge < -0.3 is 15.0 Å². The van der Waals surface area contributed by atoms with Gasteiger partial charge in [0.15, 0.2) is 0 Å². The Morgan fingerprint density at radius 1 is 1.36 bits per heavy atom. The smallest absolute Gasteiger partial charge is 0.335 e. The van der Waals surface area contributed by atoms with Crippen molar-refractivity contribution in [3.05, 3.63) is 53.0 Å². The average Bonchev–Trinajstić information content (AvgIpc) is 3.16. The number of amides is 1. The van der Waals surface area contributed by atoms with E-state index in [2.05, 4.69) is 10.1 Å². The molecule has 7 heteroatoms. The Morgan fingerprint density at radius 3 is 2.92 bits per heavy atom. The number of carbonyl (C=O) groups is 2. The maximum atomic E-state index is 12.6. The minimum atomic E-state index is -0.947. The van der Waals surface area contributed by atoms with Crippen LogP contribution < -0.4 is 0 Å². The number of H-pyrrole nitrogens is 1. The molecule has 0 saturated heterocycles. The lowest BCUT2D eigenvalue weighted by Gasteiger charge is -2.27. The molecule has 0 saturated carbocycles. The number of carboxylic acids is 1. The summed E-state index contributed by atoms with van der Waals surface area (Å²) in [6, 6.07) is 5.07. The summed E-state index contributed by atoms with van der Waals surface area (Å²) in [6.45, 7) is 1.15. The maximum Gasteiger partial charge on any atom is 0.335 e. The molecule has 3 aromatic rings. The van der Waals surface area contributed by atoms with E-state index in [4.69, 9.17) is 0 Å². The third-order valence-electron chi connectivity index (χ3n) is 4.69. The third kappa shape index (κ3) is 2.77. The lowest BCUT2D eigenvalue weighted by Crippen LogP contribution is -2.36. The molecular formula is C18H18N4O3. The van der Waals surface area contributed by atoms with Gasteiger partial charge >= 0.3 is 5.97 Å². The molecule has 0 radical (unpaired) electrons. The highest BCUT2D eigenvalue weighted by Crippen LogP contribution is 2.29. The SMILES string of the molecule is Cn1cc(CC(=O)N2CCc3[nH]c4ccc(C(=O)O)cc4c3C2)cn1. The van der Waals surface area contributed by atoms with Crippen LogP contribution in [0.4, 0.5) is 0 Å². The minimum Gasteiger partial charge on any atom is -0.478 e. The lowest BCUT2D eigenvalue weighted by atomic mass is 10.0. The van der Waals surface area contributed by atoms with Crippen LogP contribution in [0.1, 0.15) is 27.2 Å². The first-order chi connectivity index (χ1) is 12.0. The minimum absolute atomic E-state index is 0.0578. The second-order valence-electron chi connectivity index (χ2n) is 6.41. The molecule has 1 aliphatic rings. The fourth-order valence-corrected chi connectivity index (χ4v) is 3.41. The quantitative estimate of drug-likeness (QED) is 0.761. The fourth-order valence-electron chi connectivity index (χ4n) is 3.41. The van der Waals surface area contributed by atoms with Crippen molar-refractivity contribution in [3.63, 3.8) is 0 Å². The highest BCUT2D eigenvalue weighted by molar-refractivity contribution is 5.95. The largest absolute Gasteiger partial charge is 0.478 e. The van der Waals surface area contributed by atoms with Crippen LogP contribution in [0.3, 0.4) is 0 Å². The molecule has 0 fully saturated rings. The summed E-state index contributed by atoms with van der Waals surface area (Å²) in [6.07, 6.45) is 4.62. The molecule has 1 amide bonds. The number of benzene rings is 1. The summed E-state index contributed by atoms with van der Waals surface area (Å²) in [5.74, 6) is -0.889. The van der Waals surface area contributed by atoms with E-state index in [1.54, 1.807) is 29.1 Å². The van der Waals surface area contributed by atoms with Gasteiger partial charge in [-0.05, 0) is 23.8 Å². The van der Waals surface area contributed by atoms with Gasteiger partial charge in [-0.15, -0.1) is 0 Å². The number of rotatable bonds is 3. The number of nitrogens with one attached hydrogen (secondary N) is 1. The lowest BCUT2D eigenvalue weighted by molar-refractivity contribution is -0.131. The van der Waals surface area contributed by atoms with Crippen molar-refractivity contribution in [1.29, 1.82) is 0 Å². The van der Waals surface area contributed by atoms with Crippen LogP contribution >= 0.6 is 0 Å². The van der Waals surface area contributed by atoms with Gasteiger partial charge in [0, 0.05) is 54.9 Å². The molecule has 128 valence electrons. The zero-order chi connectivity index (χ0) is 17.6. The fraction of sp³-hybridized carbons (Fsp3) is 0.278. The van der Waals surface area contributed by atoms with E-state index in [1.807, 2.05) is 18.1 Å². The Morgan fingerprint density at radius 2 is 2.20 bits per heavy atom. The highest BCUT2D eigenvalue weighted by atomic mass is 16.4. The summed E-state index contributed by atoms with van der Waals surface area (Å²) >= 11 is 0. The van der Waals surface area contributed by atoms with Gasteiger partial charge in [-0.3, -0.25) is 9.48 Å². The third-order valence-corrected chi connectivity index (χ3v) is 4.69. The first-order valence-corrected chi connectivity index (χ1v) is 8.13. The first-order valence-electron chi connectivity index (χ1n) is 8.13. The molecule has 2 aromatic heterocycles. The van der Waals surface area contributed by atoms with Crippen LogP contribution in [-0.4, -0.2) is 43.2 Å². The summed E-state index contributed by atoms with van der Waals surface area (Å²) in [5.41, 5.74) is 4.17. The van der Waals surface area contributed by atoms with Crippen molar-refractivity contribution >= 4 is 22.8 Å². The number of carboxylic acid groups (broad SMARTS) is 1. The van der Waals surface area contributed by atoms with Crippen LogP contribution in [0.25, 0.3) is 10.9 Å². The molecule has 0 aliphatic carbocycles. The van der Waals surface area contributed by atoms with Crippen LogP contribution in [0.2, 0.25) is 0 Å². The molecule has 0 spiro atoms. The normalized spacial score (nSPS) is 13.9. The maximum absolute atomic E-state index is 12.6. The molecule has 0 unspecified atom stereocenters. The Kier molecular flexibility index (Phi) is 3.56. The predicted octanol–water partition coefficient (Wildman–Crippen LogP) is 1.73. The van der Waals surface area contributed by atoms with E-state index in [-0.39, 0.29) is 11.5 Å². The second kappa shape index (κ2) is 5.77. The number of aryl methyl sites for hydroxylation is 1. The van der Waals surface area contributed by atoms with Crippen molar-refractivity contribution in [2.24, 2.45) is 7.05 Å². The van der Waals surface area contributed by atoms with Crippen LogP contribution in [-0.2, 0) is 31.2 Å². The molecule has 3 heterocycles. The molecule has 0 bridgehead atoms. The van der Waals surface area contributed by atoms with Gasteiger partial charge in [0.25, 0.3) is 0 Å². The van der Waals surface area contributed by atoms with Gasteiger partial charge in [-0.25, -0.2) is 4.79 Å². The summed E-state index contributed by atoms with van der Waals surface area (Å²) in [5, 5.41) is 14.2. The van der Waals surface area contributed by atoms with E-state index in [1.165, 1.54) is 0 Å². The van der Waals surface area contributed by atoms with Gasteiger partial charge in [0.2, 0.25) is 5.91 Å². The van der Waals surface area contributed by atoms with Gasteiger partial charge in [-0.1, -0.05) is 0 Å². The first kappa shape index (κ1) is 15.4. The van der Waals surface area contributed by atoms with Crippen LogP contribution in [0.5, 0.6) is 0 Å². The molecule has 2 N–H and O–H groups in total. The summed E-state index contributed by atoms with van der Waals surface area (Å²) in [4.78, 5) is 29.0. The zero-order valence-electron chi connectivity index (χ0n) is 13.8. The molecule has 0 atom stereocenters. The van der Waals surface area contributed by atoms with Gasteiger partial charge in [0.05, 0.1) is 18.2 Å². The van der Waals surface area contributed by atoms with E-state index < -0.39 is 5.97 Å².